The molecular formula is C15H23NO3. The largest absolute Gasteiger partial charge is 0.493 e. The smallest absolute Gasteiger partial charge is 0.203 e. The van der Waals surface area contributed by atoms with Crippen molar-refractivity contribution >= 4 is 0 Å². The van der Waals surface area contributed by atoms with Crippen LogP contribution in [0.1, 0.15) is 24.8 Å². The maximum atomic E-state index is 5.92. The van der Waals surface area contributed by atoms with Gasteiger partial charge in [0.2, 0.25) is 5.75 Å². The van der Waals surface area contributed by atoms with E-state index >= 15 is 0 Å². The quantitative estimate of drug-likeness (QED) is 0.822. The first kappa shape index (κ1) is 14.0. The normalized spacial score (nSPS) is 14.9. The summed E-state index contributed by atoms with van der Waals surface area (Å²) in [5, 5.41) is 3.12. The fraction of sp³-hybridized carbons (Fsp3) is 0.600. The lowest BCUT2D eigenvalue weighted by atomic mass is 9.86. The summed E-state index contributed by atoms with van der Waals surface area (Å²) in [7, 11) is 5.24. The summed E-state index contributed by atoms with van der Waals surface area (Å²) < 4.78 is 16.8. The molecule has 1 fully saturated rings. The predicted octanol–water partition coefficient (Wildman–Crippen LogP) is 2.60. The Morgan fingerprint density at radius 1 is 1.16 bits per heavy atom. The second kappa shape index (κ2) is 6.66. The third kappa shape index (κ3) is 3.32. The van der Waals surface area contributed by atoms with E-state index < -0.39 is 0 Å². The van der Waals surface area contributed by atoms with E-state index in [0.29, 0.717) is 5.92 Å². The van der Waals surface area contributed by atoms with Crippen LogP contribution in [0.2, 0.25) is 0 Å². The van der Waals surface area contributed by atoms with Gasteiger partial charge in [-0.3, -0.25) is 0 Å². The Labute approximate surface area is 115 Å². The molecule has 0 heterocycles. The lowest BCUT2D eigenvalue weighted by molar-refractivity contribution is 0.171. The molecule has 1 aliphatic rings. The van der Waals surface area contributed by atoms with Gasteiger partial charge in [0.15, 0.2) is 11.5 Å². The van der Waals surface area contributed by atoms with E-state index in [9.17, 15) is 0 Å². The summed E-state index contributed by atoms with van der Waals surface area (Å²) in [6, 6.07) is 3.99. The third-order valence-electron chi connectivity index (χ3n) is 3.59. The molecule has 0 aliphatic heterocycles. The van der Waals surface area contributed by atoms with Crippen LogP contribution in [0.3, 0.4) is 0 Å². The molecule has 2 rings (SSSR count). The van der Waals surface area contributed by atoms with Crippen molar-refractivity contribution in [3.8, 4) is 17.2 Å². The van der Waals surface area contributed by atoms with E-state index in [1.807, 2.05) is 19.2 Å². The average Bonchev–Trinajstić information content (AvgIpc) is 2.37. The summed E-state index contributed by atoms with van der Waals surface area (Å²) in [5.74, 6) is 2.89. The van der Waals surface area contributed by atoms with Gasteiger partial charge in [0.05, 0.1) is 20.8 Å². The fourth-order valence-corrected chi connectivity index (χ4v) is 2.24. The first-order valence-corrected chi connectivity index (χ1v) is 6.80. The number of hydrogen-bond acceptors (Lipinski definition) is 4. The van der Waals surface area contributed by atoms with Crippen molar-refractivity contribution in [3.05, 3.63) is 17.7 Å². The van der Waals surface area contributed by atoms with Gasteiger partial charge in [-0.2, -0.15) is 0 Å². The maximum Gasteiger partial charge on any atom is 0.203 e. The molecule has 1 aromatic rings. The number of hydrogen-bond donors (Lipinski definition) is 1. The van der Waals surface area contributed by atoms with Crippen LogP contribution in [-0.4, -0.2) is 27.9 Å². The highest BCUT2D eigenvalue weighted by molar-refractivity contribution is 5.53. The zero-order chi connectivity index (χ0) is 13.7. The topological polar surface area (TPSA) is 39.7 Å². The van der Waals surface area contributed by atoms with Crippen molar-refractivity contribution in [2.45, 2.75) is 25.8 Å². The summed E-state index contributed by atoms with van der Waals surface area (Å²) in [6.07, 6.45) is 3.86. The Morgan fingerprint density at radius 3 is 2.21 bits per heavy atom. The van der Waals surface area contributed by atoms with E-state index in [4.69, 9.17) is 14.2 Å². The fourth-order valence-electron chi connectivity index (χ4n) is 2.24. The molecule has 106 valence electrons. The molecule has 1 aliphatic carbocycles. The Kier molecular flexibility index (Phi) is 4.91. The first-order chi connectivity index (χ1) is 9.28. The summed E-state index contributed by atoms with van der Waals surface area (Å²) in [4.78, 5) is 0. The van der Waals surface area contributed by atoms with Crippen molar-refractivity contribution in [1.29, 1.82) is 0 Å². The van der Waals surface area contributed by atoms with Gasteiger partial charge in [-0.25, -0.2) is 0 Å². The molecule has 4 nitrogen and oxygen atoms in total. The van der Waals surface area contributed by atoms with Crippen molar-refractivity contribution < 1.29 is 14.2 Å². The van der Waals surface area contributed by atoms with Crippen LogP contribution in [0.4, 0.5) is 0 Å². The Hall–Kier alpha value is -1.42. The highest BCUT2D eigenvalue weighted by atomic mass is 16.5. The maximum absolute atomic E-state index is 5.92. The molecule has 4 heteroatoms. The van der Waals surface area contributed by atoms with E-state index in [-0.39, 0.29) is 0 Å². The van der Waals surface area contributed by atoms with Gasteiger partial charge in [0.25, 0.3) is 0 Å². The average molecular weight is 265 g/mol. The predicted molar refractivity (Wildman–Crippen MR) is 75.1 cm³/mol. The van der Waals surface area contributed by atoms with Crippen LogP contribution in [-0.2, 0) is 6.54 Å². The zero-order valence-corrected chi connectivity index (χ0v) is 12.0. The second-order valence-electron chi connectivity index (χ2n) is 4.97. The van der Waals surface area contributed by atoms with Gasteiger partial charge < -0.3 is 19.5 Å². The molecule has 1 N–H and O–H groups in total. The minimum atomic E-state index is 0.686. The molecular weight excluding hydrogens is 242 g/mol. The van der Waals surface area contributed by atoms with E-state index in [1.54, 1.807) is 14.2 Å². The SMILES string of the molecule is CNCc1cc(OC)c(OCC2CCC2)c(OC)c1. The molecule has 1 aromatic carbocycles. The van der Waals surface area contributed by atoms with Crippen molar-refractivity contribution in [2.75, 3.05) is 27.9 Å². The van der Waals surface area contributed by atoms with Gasteiger partial charge in [0.1, 0.15) is 0 Å². The van der Waals surface area contributed by atoms with Crippen LogP contribution in [0.25, 0.3) is 0 Å². The number of ether oxygens (including phenoxy) is 3. The van der Waals surface area contributed by atoms with Crippen molar-refractivity contribution in [1.82, 2.24) is 5.32 Å². The van der Waals surface area contributed by atoms with Gasteiger partial charge in [0, 0.05) is 6.54 Å². The van der Waals surface area contributed by atoms with Crippen LogP contribution in [0.15, 0.2) is 12.1 Å². The van der Waals surface area contributed by atoms with Crippen LogP contribution in [0, 0.1) is 5.92 Å². The van der Waals surface area contributed by atoms with E-state index in [2.05, 4.69) is 5.32 Å². The molecule has 1 saturated carbocycles. The Balaban J connectivity index is 2.17. The van der Waals surface area contributed by atoms with E-state index in [1.165, 1.54) is 19.3 Å². The van der Waals surface area contributed by atoms with Crippen LogP contribution in [0.5, 0.6) is 17.2 Å². The summed E-state index contributed by atoms with van der Waals surface area (Å²) in [5.41, 5.74) is 1.12. The molecule has 0 unspecified atom stereocenters. The number of rotatable bonds is 7. The molecule has 0 atom stereocenters. The molecule has 19 heavy (non-hydrogen) atoms. The number of benzene rings is 1. The van der Waals surface area contributed by atoms with Gasteiger partial charge in [-0.1, -0.05) is 6.42 Å². The Bertz CT molecular complexity index is 391. The lowest BCUT2D eigenvalue weighted by Gasteiger charge is -2.26. The van der Waals surface area contributed by atoms with Crippen LogP contribution < -0.4 is 19.5 Å². The summed E-state index contributed by atoms with van der Waals surface area (Å²) in [6.45, 7) is 1.52. The minimum Gasteiger partial charge on any atom is -0.493 e. The lowest BCUT2D eigenvalue weighted by Crippen LogP contribution is -2.19. The number of methoxy groups -OCH3 is 2. The van der Waals surface area contributed by atoms with Crippen molar-refractivity contribution in [3.63, 3.8) is 0 Å². The standard InChI is InChI=1S/C15H23NO3/c1-16-9-12-7-13(17-2)15(14(8-12)18-3)19-10-11-5-4-6-11/h7-8,11,16H,4-6,9-10H2,1-3H3. The molecule has 0 radical (unpaired) electrons. The van der Waals surface area contributed by atoms with Gasteiger partial charge in [-0.05, 0) is 43.5 Å². The third-order valence-corrected chi connectivity index (χ3v) is 3.59. The molecule has 0 bridgehead atoms. The second-order valence-corrected chi connectivity index (χ2v) is 4.97. The monoisotopic (exact) mass is 265 g/mol. The first-order valence-electron chi connectivity index (χ1n) is 6.80. The van der Waals surface area contributed by atoms with Gasteiger partial charge in [-0.15, -0.1) is 0 Å². The molecule has 0 amide bonds. The summed E-state index contributed by atoms with van der Waals surface area (Å²) >= 11 is 0. The Morgan fingerprint density at radius 2 is 1.79 bits per heavy atom. The molecule has 0 saturated heterocycles. The van der Waals surface area contributed by atoms with Crippen LogP contribution >= 0.6 is 0 Å². The molecule has 0 aromatic heterocycles. The van der Waals surface area contributed by atoms with E-state index in [0.717, 1.165) is 36.0 Å². The number of nitrogens with one attached hydrogen (secondary N) is 1. The highest BCUT2D eigenvalue weighted by Crippen LogP contribution is 2.39. The minimum absolute atomic E-state index is 0.686. The highest BCUT2D eigenvalue weighted by Gasteiger charge is 2.20. The van der Waals surface area contributed by atoms with Gasteiger partial charge >= 0.3 is 0 Å². The van der Waals surface area contributed by atoms with Crippen molar-refractivity contribution in [2.24, 2.45) is 5.92 Å². The zero-order valence-electron chi connectivity index (χ0n) is 12.0. The molecule has 0 spiro atoms.